The van der Waals surface area contributed by atoms with Gasteiger partial charge in [-0.15, -0.1) is 0 Å². The smallest absolute Gasteiger partial charge is 0.264 e. The molecule has 0 atom stereocenters. The van der Waals surface area contributed by atoms with E-state index in [1.54, 1.807) is 30.3 Å². The van der Waals surface area contributed by atoms with E-state index in [0.717, 1.165) is 16.3 Å². The fraction of sp³-hybridized carbons (Fsp3) is 0.208. The number of amides is 1. The monoisotopic (exact) mass is 454 g/mol. The van der Waals surface area contributed by atoms with Crippen LogP contribution in [-0.4, -0.2) is 42.1 Å². The lowest BCUT2D eigenvalue weighted by Crippen LogP contribution is -2.27. The molecule has 3 aromatic rings. The molecule has 0 aliphatic heterocycles. The number of nitrogens with one attached hydrogen (secondary N) is 1. The van der Waals surface area contributed by atoms with Crippen molar-refractivity contribution in [3.63, 3.8) is 0 Å². The predicted molar refractivity (Wildman–Crippen MR) is 124 cm³/mol. The molecule has 3 aromatic carbocycles. The third-order valence-electron chi connectivity index (χ3n) is 5.05. The van der Waals surface area contributed by atoms with E-state index in [-0.39, 0.29) is 10.8 Å². The minimum absolute atomic E-state index is 0.0698. The first-order chi connectivity index (χ1) is 15.4. The van der Waals surface area contributed by atoms with Crippen LogP contribution in [0, 0.1) is 0 Å². The van der Waals surface area contributed by atoms with Crippen LogP contribution in [0.25, 0.3) is 0 Å². The van der Waals surface area contributed by atoms with Crippen LogP contribution in [0.1, 0.15) is 15.9 Å². The summed E-state index contributed by atoms with van der Waals surface area (Å²) in [5, 5.41) is 2.88. The van der Waals surface area contributed by atoms with Gasteiger partial charge in [-0.25, -0.2) is 8.42 Å². The maximum absolute atomic E-state index is 13.0. The lowest BCUT2D eigenvalue weighted by molar-refractivity contribution is 0.0954. The van der Waals surface area contributed by atoms with Gasteiger partial charge in [-0.3, -0.25) is 9.10 Å². The minimum Gasteiger partial charge on any atom is -0.493 e. The second-order valence-electron chi connectivity index (χ2n) is 7.03. The van der Waals surface area contributed by atoms with Crippen LogP contribution in [0.15, 0.2) is 77.7 Å². The van der Waals surface area contributed by atoms with Crippen molar-refractivity contribution >= 4 is 21.6 Å². The largest absolute Gasteiger partial charge is 0.493 e. The number of benzene rings is 3. The second kappa shape index (κ2) is 10.2. The number of ether oxygens (including phenoxy) is 2. The SMILES string of the molecule is COc1ccc(S(=O)(=O)N(C)c2ccc(C(=O)NCCc3ccccc3)cc2)cc1OC. The van der Waals surface area contributed by atoms with Gasteiger partial charge < -0.3 is 14.8 Å². The van der Waals surface area contributed by atoms with Gasteiger partial charge in [0.2, 0.25) is 0 Å². The van der Waals surface area contributed by atoms with E-state index in [1.165, 1.54) is 33.4 Å². The fourth-order valence-electron chi connectivity index (χ4n) is 3.16. The fourth-order valence-corrected chi connectivity index (χ4v) is 4.38. The Bertz CT molecular complexity index is 1160. The van der Waals surface area contributed by atoms with Gasteiger partial charge in [-0.1, -0.05) is 30.3 Å². The molecule has 168 valence electrons. The van der Waals surface area contributed by atoms with E-state index in [9.17, 15) is 13.2 Å². The molecule has 0 aromatic heterocycles. The molecule has 1 N–H and O–H groups in total. The van der Waals surface area contributed by atoms with Crippen LogP contribution in [-0.2, 0) is 16.4 Å². The van der Waals surface area contributed by atoms with Gasteiger partial charge in [0.25, 0.3) is 15.9 Å². The molecule has 7 nitrogen and oxygen atoms in total. The number of sulfonamides is 1. The molecule has 1 amide bonds. The topological polar surface area (TPSA) is 84.9 Å². The molecule has 0 aliphatic carbocycles. The second-order valence-corrected chi connectivity index (χ2v) is 9.00. The van der Waals surface area contributed by atoms with Gasteiger partial charge in [0.1, 0.15) is 0 Å². The van der Waals surface area contributed by atoms with Crippen molar-refractivity contribution in [3.05, 3.63) is 83.9 Å². The Morgan fingerprint density at radius 2 is 1.56 bits per heavy atom. The van der Waals surface area contributed by atoms with Crippen molar-refractivity contribution in [2.45, 2.75) is 11.3 Å². The Kier molecular flexibility index (Phi) is 7.37. The number of anilines is 1. The van der Waals surface area contributed by atoms with Gasteiger partial charge in [0, 0.05) is 25.2 Å². The van der Waals surface area contributed by atoms with Crippen molar-refractivity contribution in [3.8, 4) is 11.5 Å². The quantitative estimate of drug-likeness (QED) is 0.535. The van der Waals surface area contributed by atoms with Gasteiger partial charge >= 0.3 is 0 Å². The van der Waals surface area contributed by atoms with Crippen molar-refractivity contribution in [2.24, 2.45) is 0 Å². The highest BCUT2D eigenvalue weighted by molar-refractivity contribution is 7.92. The molecule has 0 fully saturated rings. The highest BCUT2D eigenvalue weighted by Crippen LogP contribution is 2.31. The van der Waals surface area contributed by atoms with Gasteiger partial charge in [-0.2, -0.15) is 0 Å². The maximum Gasteiger partial charge on any atom is 0.264 e. The number of rotatable bonds is 9. The number of methoxy groups -OCH3 is 2. The van der Waals surface area contributed by atoms with E-state index < -0.39 is 10.0 Å². The zero-order valence-electron chi connectivity index (χ0n) is 18.2. The lowest BCUT2D eigenvalue weighted by Gasteiger charge is -2.20. The summed E-state index contributed by atoms with van der Waals surface area (Å²) in [6.45, 7) is 0.512. The first kappa shape index (κ1) is 23.1. The van der Waals surface area contributed by atoms with E-state index in [0.29, 0.717) is 29.3 Å². The number of hydrogen-bond acceptors (Lipinski definition) is 5. The Balaban J connectivity index is 1.68. The van der Waals surface area contributed by atoms with Crippen LogP contribution >= 0.6 is 0 Å². The molecule has 0 heterocycles. The Morgan fingerprint density at radius 3 is 2.19 bits per heavy atom. The summed E-state index contributed by atoms with van der Waals surface area (Å²) in [6.07, 6.45) is 0.733. The molecule has 0 radical (unpaired) electrons. The van der Waals surface area contributed by atoms with E-state index in [2.05, 4.69) is 5.32 Å². The van der Waals surface area contributed by atoms with Crippen molar-refractivity contribution in [1.82, 2.24) is 5.32 Å². The Morgan fingerprint density at radius 1 is 0.906 bits per heavy atom. The standard InChI is InChI=1S/C24H26N2O5S/c1-26(32(28,29)21-13-14-22(30-2)23(17-21)31-3)20-11-9-19(10-12-20)24(27)25-16-15-18-7-5-4-6-8-18/h4-14,17H,15-16H2,1-3H3,(H,25,27). The molecule has 0 saturated heterocycles. The molecular formula is C24H26N2O5S. The molecule has 0 saturated carbocycles. The molecule has 3 rings (SSSR count). The summed E-state index contributed by atoms with van der Waals surface area (Å²) in [7, 11) is 0.559. The summed E-state index contributed by atoms with van der Waals surface area (Å²) < 4.78 is 37.6. The molecular weight excluding hydrogens is 428 g/mol. The molecule has 0 aliphatic rings. The first-order valence-corrected chi connectivity index (χ1v) is 11.4. The zero-order chi connectivity index (χ0) is 23.1. The number of hydrogen-bond donors (Lipinski definition) is 1. The third-order valence-corrected chi connectivity index (χ3v) is 6.83. The maximum atomic E-state index is 13.0. The van der Waals surface area contributed by atoms with Crippen LogP contribution in [0.4, 0.5) is 5.69 Å². The van der Waals surface area contributed by atoms with E-state index >= 15 is 0 Å². The Hall–Kier alpha value is -3.52. The molecule has 32 heavy (non-hydrogen) atoms. The average Bonchev–Trinajstić information content (AvgIpc) is 2.83. The summed E-state index contributed by atoms with van der Waals surface area (Å²) in [5.41, 5.74) is 2.03. The third kappa shape index (κ3) is 5.20. The normalized spacial score (nSPS) is 11.0. The lowest BCUT2D eigenvalue weighted by atomic mass is 10.1. The van der Waals surface area contributed by atoms with E-state index in [1.807, 2.05) is 30.3 Å². The minimum atomic E-state index is -3.83. The molecule has 8 heteroatoms. The van der Waals surface area contributed by atoms with Crippen molar-refractivity contribution in [2.75, 3.05) is 32.1 Å². The van der Waals surface area contributed by atoms with Crippen LogP contribution in [0.2, 0.25) is 0 Å². The van der Waals surface area contributed by atoms with Gasteiger partial charge in [-0.05, 0) is 48.4 Å². The number of nitrogens with zero attached hydrogens (tertiary/aromatic N) is 1. The summed E-state index contributed by atoms with van der Waals surface area (Å²) >= 11 is 0. The first-order valence-electron chi connectivity index (χ1n) is 10.00. The Labute approximate surface area is 188 Å². The van der Waals surface area contributed by atoms with Crippen LogP contribution in [0.3, 0.4) is 0 Å². The van der Waals surface area contributed by atoms with Crippen molar-refractivity contribution in [1.29, 1.82) is 0 Å². The number of carbonyl (C=O) groups excluding carboxylic acids is 1. The zero-order valence-corrected chi connectivity index (χ0v) is 19.1. The van der Waals surface area contributed by atoms with Crippen LogP contribution in [0.5, 0.6) is 11.5 Å². The van der Waals surface area contributed by atoms with Gasteiger partial charge in [0.05, 0.1) is 24.8 Å². The summed E-state index contributed by atoms with van der Waals surface area (Å²) in [5.74, 6) is 0.555. The average molecular weight is 455 g/mol. The van der Waals surface area contributed by atoms with Crippen molar-refractivity contribution < 1.29 is 22.7 Å². The summed E-state index contributed by atoms with van der Waals surface area (Å²) in [4.78, 5) is 12.5. The van der Waals surface area contributed by atoms with E-state index in [4.69, 9.17) is 9.47 Å². The highest BCUT2D eigenvalue weighted by Gasteiger charge is 2.23. The molecule has 0 unspecified atom stereocenters. The van der Waals surface area contributed by atoms with Crippen LogP contribution < -0.4 is 19.1 Å². The predicted octanol–water partition coefficient (Wildman–Crippen LogP) is 3.50. The highest BCUT2D eigenvalue weighted by atomic mass is 32.2. The summed E-state index contributed by atoms with van der Waals surface area (Å²) in [6, 6.07) is 20.7. The molecule has 0 bridgehead atoms. The molecule has 0 spiro atoms. The van der Waals surface area contributed by atoms with Gasteiger partial charge in [0.15, 0.2) is 11.5 Å². The number of carbonyl (C=O) groups is 1.